The number of carbonyl (C=O) groups is 1. The number of nitrogens with zero attached hydrogens (tertiary/aromatic N) is 1. The zero-order valence-electron chi connectivity index (χ0n) is 10.9. The van der Waals surface area contributed by atoms with Crippen LogP contribution in [0.4, 0.5) is 5.69 Å². The van der Waals surface area contributed by atoms with Crippen LogP contribution >= 0.6 is 0 Å². The van der Waals surface area contributed by atoms with Crippen LogP contribution in [0.1, 0.15) is 11.1 Å². The number of anilines is 1. The summed E-state index contributed by atoms with van der Waals surface area (Å²) in [5.41, 5.74) is 3.19. The van der Waals surface area contributed by atoms with Crippen molar-refractivity contribution in [2.45, 2.75) is 13.5 Å². The van der Waals surface area contributed by atoms with E-state index in [4.69, 9.17) is 5.11 Å². The number of aliphatic carboxylic acids is 1. The van der Waals surface area contributed by atoms with E-state index in [1.807, 2.05) is 66.4 Å². The van der Waals surface area contributed by atoms with Gasteiger partial charge in [0.25, 0.3) is 0 Å². The van der Waals surface area contributed by atoms with Gasteiger partial charge in [-0.05, 0) is 24.6 Å². The van der Waals surface area contributed by atoms with Gasteiger partial charge in [0, 0.05) is 12.2 Å². The second-order valence-electron chi connectivity index (χ2n) is 4.57. The van der Waals surface area contributed by atoms with Crippen LogP contribution in [0.5, 0.6) is 0 Å². The van der Waals surface area contributed by atoms with Gasteiger partial charge < -0.3 is 10.0 Å². The number of carboxylic acids is 1. The molecular weight excluding hydrogens is 238 g/mol. The van der Waals surface area contributed by atoms with Gasteiger partial charge in [0.05, 0.1) is 0 Å². The van der Waals surface area contributed by atoms with E-state index in [1.165, 1.54) is 5.56 Å². The van der Waals surface area contributed by atoms with Crippen molar-refractivity contribution in [2.24, 2.45) is 0 Å². The van der Waals surface area contributed by atoms with Gasteiger partial charge in [0.2, 0.25) is 0 Å². The second-order valence-corrected chi connectivity index (χ2v) is 4.57. The molecule has 2 aromatic carbocycles. The lowest BCUT2D eigenvalue weighted by Crippen LogP contribution is -2.29. The molecule has 2 rings (SSSR count). The molecule has 0 aliphatic carbocycles. The third-order valence-electron chi connectivity index (χ3n) is 2.94. The normalized spacial score (nSPS) is 10.2. The van der Waals surface area contributed by atoms with Crippen LogP contribution in [0.2, 0.25) is 0 Å². The van der Waals surface area contributed by atoms with Gasteiger partial charge in [-0.2, -0.15) is 0 Å². The molecule has 0 radical (unpaired) electrons. The maximum absolute atomic E-state index is 11.0. The minimum atomic E-state index is -0.823. The van der Waals surface area contributed by atoms with Crippen LogP contribution in [0, 0.1) is 6.92 Å². The Morgan fingerprint density at radius 3 is 2.26 bits per heavy atom. The van der Waals surface area contributed by atoms with Gasteiger partial charge in [0.15, 0.2) is 0 Å². The first-order chi connectivity index (χ1) is 9.15. The average Bonchev–Trinajstić information content (AvgIpc) is 2.39. The monoisotopic (exact) mass is 255 g/mol. The SMILES string of the molecule is Cc1ccc(N(CC(=O)O)Cc2ccccc2)cc1. The number of rotatable bonds is 5. The highest BCUT2D eigenvalue weighted by molar-refractivity contribution is 5.73. The molecule has 0 atom stereocenters. The summed E-state index contributed by atoms with van der Waals surface area (Å²) in [6.07, 6.45) is 0. The van der Waals surface area contributed by atoms with Crippen molar-refractivity contribution in [2.75, 3.05) is 11.4 Å². The van der Waals surface area contributed by atoms with Gasteiger partial charge in [-0.25, -0.2) is 0 Å². The maximum atomic E-state index is 11.0. The summed E-state index contributed by atoms with van der Waals surface area (Å²) in [6, 6.07) is 17.8. The first-order valence-electron chi connectivity index (χ1n) is 6.22. The molecule has 0 aliphatic rings. The second kappa shape index (κ2) is 6.05. The zero-order chi connectivity index (χ0) is 13.7. The highest BCUT2D eigenvalue weighted by Gasteiger charge is 2.11. The molecule has 0 saturated heterocycles. The Hall–Kier alpha value is -2.29. The van der Waals surface area contributed by atoms with Crippen molar-refractivity contribution in [3.05, 3.63) is 65.7 Å². The summed E-state index contributed by atoms with van der Waals surface area (Å²) in [5, 5.41) is 9.04. The highest BCUT2D eigenvalue weighted by Crippen LogP contribution is 2.17. The fourth-order valence-electron chi connectivity index (χ4n) is 1.96. The highest BCUT2D eigenvalue weighted by atomic mass is 16.4. The fourth-order valence-corrected chi connectivity index (χ4v) is 1.96. The topological polar surface area (TPSA) is 40.5 Å². The number of aryl methyl sites for hydroxylation is 1. The molecule has 0 aliphatic heterocycles. The molecule has 2 aromatic rings. The van der Waals surface area contributed by atoms with Gasteiger partial charge in [-0.3, -0.25) is 4.79 Å². The van der Waals surface area contributed by atoms with Crippen molar-refractivity contribution in [3.8, 4) is 0 Å². The van der Waals surface area contributed by atoms with Crippen LogP contribution < -0.4 is 4.90 Å². The van der Waals surface area contributed by atoms with E-state index >= 15 is 0 Å². The molecule has 0 saturated carbocycles. The largest absolute Gasteiger partial charge is 0.480 e. The fraction of sp³-hybridized carbons (Fsp3) is 0.188. The van der Waals surface area contributed by atoms with Gasteiger partial charge in [-0.1, -0.05) is 48.0 Å². The lowest BCUT2D eigenvalue weighted by atomic mass is 10.1. The van der Waals surface area contributed by atoms with Crippen LogP contribution in [0.15, 0.2) is 54.6 Å². The van der Waals surface area contributed by atoms with Crippen molar-refractivity contribution in [1.29, 1.82) is 0 Å². The van der Waals surface area contributed by atoms with Crippen molar-refractivity contribution in [1.82, 2.24) is 0 Å². The maximum Gasteiger partial charge on any atom is 0.323 e. The van der Waals surface area contributed by atoms with E-state index < -0.39 is 5.97 Å². The molecule has 0 heterocycles. The lowest BCUT2D eigenvalue weighted by molar-refractivity contribution is -0.135. The smallest absolute Gasteiger partial charge is 0.323 e. The molecule has 0 spiro atoms. The quantitative estimate of drug-likeness (QED) is 0.892. The first-order valence-corrected chi connectivity index (χ1v) is 6.22. The van der Waals surface area contributed by atoms with Crippen LogP contribution in [-0.4, -0.2) is 17.6 Å². The van der Waals surface area contributed by atoms with E-state index in [1.54, 1.807) is 0 Å². The lowest BCUT2D eigenvalue weighted by Gasteiger charge is -2.23. The van der Waals surface area contributed by atoms with E-state index in [0.29, 0.717) is 6.54 Å². The summed E-state index contributed by atoms with van der Waals surface area (Å²) in [4.78, 5) is 12.9. The van der Waals surface area contributed by atoms with Gasteiger partial charge in [0.1, 0.15) is 6.54 Å². The summed E-state index contributed by atoms with van der Waals surface area (Å²) < 4.78 is 0. The molecule has 3 heteroatoms. The molecule has 0 aromatic heterocycles. The molecule has 0 bridgehead atoms. The molecular formula is C16H17NO2. The Bertz CT molecular complexity index is 534. The summed E-state index contributed by atoms with van der Waals surface area (Å²) in [7, 11) is 0. The van der Waals surface area contributed by atoms with Gasteiger partial charge >= 0.3 is 5.97 Å². The Morgan fingerprint density at radius 2 is 1.68 bits per heavy atom. The molecule has 0 unspecified atom stereocenters. The molecule has 0 fully saturated rings. The molecule has 0 amide bonds. The van der Waals surface area contributed by atoms with Crippen molar-refractivity contribution in [3.63, 3.8) is 0 Å². The van der Waals surface area contributed by atoms with Crippen LogP contribution in [0.3, 0.4) is 0 Å². The summed E-state index contributed by atoms with van der Waals surface area (Å²) in [6.45, 7) is 2.61. The van der Waals surface area contributed by atoms with E-state index in [9.17, 15) is 4.79 Å². The summed E-state index contributed by atoms with van der Waals surface area (Å²) in [5.74, 6) is -0.823. The van der Waals surface area contributed by atoms with Crippen LogP contribution in [0.25, 0.3) is 0 Å². The first kappa shape index (κ1) is 13.1. The van der Waals surface area contributed by atoms with Crippen molar-refractivity contribution < 1.29 is 9.90 Å². The Morgan fingerprint density at radius 1 is 1.05 bits per heavy atom. The predicted molar refractivity (Wildman–Crippen MR) is 76.3 cm³/mol. The Kier molecular flexibility index (Phi) is 4.18. The minimum absolute atomic E-state index is 0.00203. The van der Waals surface area contributed by atoms with E-state index in [-0.39, 0.29) is 6.54 Å². The van der Waals surface area contributed by atoms with E-state index in [2.05, 4.69) is 0 Å². The number of hydrogen-bond acceptors (Lipinski definition) is 2. The third-order valence-corrected chi connectivity index (χ3v) is 2.94. The minimum Gasteiger partial charge on any atom is -0.480 e. The molecule has 19 heavy (non-hydrogen) atoms. The van der Waals surface area contributed by atoms with E-state index in [0.717, 1.165) is 11.3 Å². The predicted octanol–water partition coefficient (Wildman–Crippen LogP) is 3.09. The Labute approximate surface area is 113 Å². The number of hydrogen-bond donors (Lipinski definition) is 1. The molecule has 1 N–H and O–H groups in total. The third kappa shape index (κ3) is 3.85. The molecule has 98 valence electrons. The van der Waals surface area contributed by atoms with Crippen LogP contribution in [-0.2, 0) is 11.3 Å². The standard InChI is InChI=1S/C16H17NO2/c1-13-7-9-15(10-8-13)17(12-16(18)19)11-14-5-3-2-4-6-14/h2-10H,11-12H2,1H3,(H,18,19). The summed E-state index contributed by atoms with van der Waals surface area (Å²) >= 11 is 0. The van der Waals surface area contributed by atoms with Gasteiger partial charge in [-0.15, -0.1) is 0 Å². The molecule has 3 nitrogen and oxygen atoms in total. The zero-order valence-corrected chi connectivity index (χ0v) is 10.9. The average molecular weight is 255 g/mol. The number of carboxylic acid groups (broad SMARTS) is 1. The Balaban J connectivity index is 2.20. The van der Waals surface area contributed by atoms with Crippen molar-refractivity contribution >= 4 is 11.7 Å². The number of benzene rings is 2.